The van der Waals surface area contributed by atoms with Crippen LogP contribution < -0.4 is 20.9 Å². The Kier molecular flexibility index (Phi) is 5.49. The third-order valence-electron chi connectivity index (χ3n) is 5.11. The number of aryl methyl sites for hydroxylation is 1. The van der Waals surface area contributed by atoms with Crippen LogP contribution in [0.2, 0.25) is 0 Å². The van der Waals surface area contributed by atoms with Gasteiger partial charge in [0.15, 0.2) is 5.82 Å². The number of benzene rings is 1. The molecule has 1 aliphatic carbocycles. The third kappa shape index (κ3) is 4.98. The van der Waals surface area contributed by atoms with Crippen LogP contribution in [0, 0.1) is 6.92 Å². The van der Waals surface area contributed by atoms with Crippen molar-refractivity contribution in [2.24, 2.45) is 4.99 Å². The highest BCUT2D eigenvalue weighted by Crippen LogP contribution is 2.26. The summed E-state index contributed by atoms with van der Waals surface area (Å²) in [5.74, 6) is 2.76. The highest BCUT2D eigenvalue weighted by atomic mass is 32.2. The van der Waals surface area contributed by atoms with Gasteiger partial charge in [0.25, 0.3) is 0 Å². The number of amides is 1. The highest BCUT2D eigenvalue weighted by molar-refractivity contribution is 7.97. The number of hydrogen-bond acceptors (Lipinski definition) is 7. The number of H-pyrrole nitrogens is 1. The van der Waals surface area contributed by atoms with Crippen LogP contribution in [0.1, 0.15) is 18.5 Å². The van der Waals surface area contributed by atoms with Crippen LogP contribution in [0.15, 0.2) is 64.6 Å². The molecule has 0 bridgehead atoms. The Bertz CT molecular complexity index is 1050. The van der Waals surface area contributed by atoms with Crippen molar-refractivity contribution in [3.8, 4) is 0 Å². The lowest BCUT2D eigenvalue weighted by atomic mass is 10.3. The van der Waals surface area contributed by atoms with Crippen molar-refractivity contribution in [2.75, 3.05) is 23.7 Å². The van der Waals surface area contributed by atoms with Gasteiger partial charge >= 0.3 is 0 Å². The van der Waals surface area contributed by atoms with Crippen molar-refractivity contribution in [2.45, 2.75) is 30.7 Å². The number of aliphatic imine (C=N–C) groups is 1. The van der Waals surface area contributed by atoms with Crippen LogP contribution in [0.25, 0.3) is 0 Å². The molecular formula is C21H25N8OS+. The van der Waals surface area contributed by atoms with Gasteiger partial charge in [-0.3, -0.25) is 19.5 Å². The second-order valence-electron chi connectivity index (χ2n) is 7.80. The second-order valence-corrected chi connectivity index (χ2v) is 8.93. The molecule has 5 rings (SSSR count). The number of quaternary nitrogens is 1. The number of nitrogens with zero attached hydrogens (tertiary/aromatic N) is 3. The zero-order valence-electron chi connectivity index (χ0n) is 17.2. The van der Waals surface area contributed by atoms with Crippen molar-refractivity contribution in [3.63, 3.8) is 0 Å². The number of amidine groups is 1. The fourth-order valence-electron chi connectivity index (χ4n) is 3.39. The summed E-state index contributed by atoms with van der Waals surface area (Å²) in [7, 11) is 0. The summed E-state index contributed by atoms with van der Waals surface area (Å²) in [6, 6.07) is 10.4. The molecule has 31 heavy (non-hydrogen) atoms. The van der Waals surface area contributed by atoms with E-state index >= 15 is 0 Å². The van der Waals surface area contributed by atoms with Crippen LogP contribution in [-0.2, 0) is 4.79 Å². The predicted molar refractivity (Wildman–Crippen MR) is 121 cm³/mol. The zero-order chi connectivity index (χ0) is 21.2. The number of aromatic amines is 1. The SMILES string of the molecule is Cc1cc(NC2=CN(Sc3ccc(NC(=O)CNC4CC4)cc3)CC3=NC=C[NH+]23)n[nH]1. The van der Waals surface area contributed by atoms with Gasteiger partial charge in [-0.05, 0) is 56.0 Å². The van der Waals surface area contributed by atoms with E-state index in [1.165, 1.54) is 12.8 Å². The van der Waals surface area contributed by atoms with Gasteiger partial charge in [0, 0.05) is 28.4 Å². The van der Waals surface area contributed by atoms with E-state index in [4.69, 9.17) is 0 Å². The van der Waals surface area contributed by atoms with Crippen molar-refractivity contribution in [1.29, 1.82) is 0 Å². The molecule has 3 heterocycles. The number of aromatic nitrogens is 2. The summed E-state index contributed by atoms with van der Waals surface area (Å²) in [6.45, 7) is 3.05. The molecule has 1 amide bonds. The average Bonchev–Trinajstić information content (AvgIpc) is 3.31. The van der Waals surface area contributed by atoms with Crippen LogP contribution >= 0.6 is 11.9 Å². The largest absolute Gasteiger partial charge is 0.325 e. The first-order valence-electron chi connectivity index (χ1n) is 10.3. The van der Waals surface area contributed by atoms with Gasteiger partial charge < -0.3 is 10.6 Å². The van der Waals surface area contributed by atoms with Crippen molar-refractivity contribution >= 4 is 35.2 Å². The minimum absolute atomic E-state index is 0.00889. The molecule has 1 aromatic carbocycles. The Morgan fingerprint density at radius 2 is 2.16 bits per heavy atom. The quantitative estimate of drug-likeness (QED) is 0.400. The molecule has 3 aliphatic rings. The van der Waals surface area contributed by atoms with Crippen molar-refractivity contribution in [3.05, 3.63) is 60.4 Å². The summed E-state index contributed by atoms with van der Waals surface area (Å²) in [5.41, 5.74) is 1.80. The minimum Gasteiger partial charge on any atom is -0.325 e. The van der Waals surface area contributed by atoms with Gasteiger partial charge in [-0.25, -0.2) is 9.89 Å². The summed E-state index contributed by atoms with van der Waals surface area (Å²) in [6.07, 6.45) is 8.28. The summed E-state index contributed by atoms with van der Waals surface area (Å²) >= 11 is 1.62. The number of fused-ring (bicyclic) bond motifs is 1. The van der Waals surface area contributed by atoms with Crippen molar-refractivity contribution in [1.82, 2.24) is 19.8 Å². The van der Waals surface area contributed by atoms with Gasteiger partial charge in [0.05, 0.1) is 18.9 Å². The lowest BCUT2D eigenvalue weighted by molar-refractivity contribution is -0.699. The lowest BCUT2D eigenvalue weighted by Crippen LogP contribution is -3.10. The Hall–Kier alpha value is -3.08. The molecule has 10 heteroatoms. The molecule has 1 fully saturated rings. The molecule has 1 aromatic heterocycles. The topological polar surface area (TPSA) is 102 Å². The van der Waals surface area contributed by atoms with Crippen LogP contribution in [0.5, 0.6) is 0 Å². The van der Waals surface area contributed by atoms with E-state index in [0.717, 1.165) is 38.7 Å². The molecule has 0 spiro atoms. The Labute approximate surface area is 184 Å². The zero-order valence-corrected chi connectivity index (χ0v) is 18.0. The molecule has 1 unspecified atom stereocenters. The fourth-order valence-corrected chi connectivity index (χ4v) is 4.26. The van der Waals surface area contributed by atoms with Gasteiger partial charge in [0.2, 0.25) is 17.6 Å². The van der Waals surface area contributed by atoms with E-state index in [1.54, 1.807) is 11.9 Å². The lowest BCUT2D eigenvalue weighted by Gasteiger charge is -2.27. The van der Waals surface area contributed by atoms with Crippen LogP contribution in [0.4, 0.5) is 11.5 Å². The first-order valence-corrected chi connectivity index (χ1v) is 11.1. The predicted octanol–water partition coefficient (Wildman–Crippen LogP) is 1.41. The second kappa shape index (κ2) is 8.58. The van der Waals surface area contributed by atoms with E-state index < -0.39 is 0 Å². The Morgan fingerprint density at radius 3 is 2.90 bits per heavy atom. The fraction of sp³-hybridized carbons (Fsp3) is 0.286. The maximum Gasteiger partial charge on any atom is 0.238 e. The average molecular weight is 438 g/mol. The van der Waals surface area contributed by atoms with E-state index in [1.807, 2.05) is 49.7 Å². The van der Waals surface area contributed by atoms with Crippen LogP contribution in [-0.4, -0.2) is 45.4 Å². The smallest absolute Gasteiger partial charge is 0.238 e. The number of anilines is 2. The molecule has 2 aromatic rings. The number of rotatable bonds is 8. The van der Waals surface area contributed by atoms with E-state index in [0.29, 0.717) is 19.1 Å². The standard InChI is InChI=1S/C21H24N8OS/c1-14-10-18(27-26-14)25-20-13-28(12-19-22-8-9-29(19)20)31-17-6-4-16(5-7-17)24-21(30)11-23-15-2-3-15/h4-10,13,15,23H,2-3,11-12H2,1H3,(H,24,30)(H2,25,26,27)/p+1. The first-order chi connectivity index (χ1) is 15.1. The molecule has 1 saturated carbocycles. The summed E-state index contributed by atoms with van der Waals surface area (Å²) in [5, 5.41) is 16.8. The number of hydrogen-bond donors (Lipinski definition) is 5. The molecule has 1 atom stereocenters. The molecule has 2 aliphatic heterocycles. The summed E-state index contributed by atoms with van der Waals surface area (Å²) < 4.78 is 2.14. The Balaban J connectivity index is 1.22. The minimum atomic E-state index is -0.00889. The first kappa shape index (κ1) is 19.9. The number of carbonyl (C=O) groups is 1. The Morgan fingerprint density at radius 1 is 1.32 bits per heavy atom. The normalized spacial score (nSPS) is 19.6. The maximum absolute atomic E-state index is 12.0. The molecule has 160 valence electrons. The van der Waals surface area contributed by atoms with Gasteiger partial charge in [-0.1, -0.05) is 0 Å². The molecular weight excluding hydrogens is 412 g/mol. The van der Waals surface area contributed by atoms with E-state index in [9.17, 15) is 4.79 Å². The monoisotopic (exact) mass is 437 g/mol. The summed E-state index contributed by atoms with van der Waals surface area (Å²) in [4.78, 5) is 18.7. The van der Waals surface area contributed by atoms with Crippen LogP contribution in [0.3, 0.4) is 0 Å². The number of carbonyl (C=O) groups excluding carboxylic acids is 1. The van der Waals surface area contributed by atoms with Gasteiger partial charge in [0.1, 0.15) is 12.7 Å². The molecule has 5 N–H and O–H groups in total. The van der Waals surface area contributed by atoms with E-state index in [2.05, 4.69) is 41.6 Å². The third-order valence-corrected chi connectivity index (χ3v) is 6.06. The number of nitrogens with one attached hydrogen (secondary N) is 5. The molecule has 0 saturated heterocycles. The van der Waals surface area contributed by atoms with E-state index in [-0.39, 0.29) is 5.91 Å². The van der Waals surface area contributed by atoms with Crippen molar-refractivity contribution < 1.29 is 9.69 Å². The maximum atomic E-state index is 12.0. The van der Waals surface area contributed by atoms with Gasteiger partial charge in [-0.2, -0.15) is 5.10 Å². The highest BCUT2D eigenvalue weighted by Gasteiger charge is 2.32. The molecule has 9 nitrogen and oxygen atoms in total. The van der Waals surface area contributed by atoms with Gasteiger partial charge in [-0.15, -0.1) is 0 Å². The molecule has 0 radical (unpaired) electrons.